The van der Waals surface area contributed by atoms with Crippen molar-refractivity contribution in [1.29, 1.82) is 0 Å². The summed E-state index contributed by atoms with van der Waals surface area (Å²) in [6, 6.07) is 5.39. The molecule has 1 aliphatic heterocycles. The van der Waals surface area contributed by atoms with Gasteiger partial charge in [0.05, 0.1) is 29.0 Å². The molecule has 3 aromatic rings. The summed E-state index contributed by atoms with van der Waals surface area (Å²) in [7, 11) is 1.82. The summed E-state index contributed by atoms with van der Waals surface area (Å²) in [5.41, 5.74) is 2.61. The number of aryl methyl sites for hydroxylation is 2. The Kier molecular flexibility index (Phi) is 4.01. The molecule has 0 unspecified atom stereocenters. The predicted octanol–water partition coefficient (Wildman–Crippen LogP) is 2.45. The van der Waals surface area contributed by atoms with Gasteiger partial charge in [-0.3, -0.25) is 9.48 Å². The number of pyridine rings is 1. The van der Waals surface area contributed by atoms with E-state index in [4.69, 9.17) is 9.15 Å². The van der Waals surface area contributed by atoms with Gasteiger partial charge in [-0.2, -0.15) is 5.10 Å². The Hall–Kier alpha value is -2.67. The molecular weight excluding hydrogens is 320 g/mol. The third-order valence-corrected chi connectivity index (χ3v) is 4.50. The molecule has 4 rings (SSSR count). The van der Waals surface area contributed by atoms with Crippen LogP contribution in [0.5, 0.6) is 0 Å². The molecule has 1 amide bonds. The number of ether oxygens (including phenoxy) is 1. The van der Waals surface area contributed by atoms with Gasteiger partial charge in [0.2, 0.25) is 0 Å². The second kappa shape index (κ2) is 6.33. The van der Waals surface area contributed by atoms with Gasteiger partial charge < -0.3 is 14.5 Å². The number of nitrogens with zero attached hydrogens (tertiary/aromatic N) is 3. The van der Waals surface area contributed by atoms with Crippen LogP contribution in [0.2, 0.25) is 0 Å². The van der Waals surface area contributed by atoms with Crippen molar-refractivity contribution in [3.63, 3.8) is 0 Å². The van der Waals surface area contributed by atoms with Crippen LogP contribution in [0.1, 0.15) is 28.9 Å². The molecule has 3 aromatic heterocycles. The fourth-order valence-corrected chi connectivity index (χ4v) is 3.28. The fourth-order valence-electron chi connectivity index (χ4n) is 3.28. The van der Waals surface area contributed by atoms with Crippen LogP contribution in [0.3, 0.4) is 0 Å². The topological polar surface area (TPSA) is 82.2 Å². The van der Waals surface area contributed by atoms with E-state index in [1.807, 2.05) is 20.0 Å². The number of hydrogen-bond acceptors (Lipinski definition) is 5. The Morgan fingerprint density at radius 1 is 1.48 bits per heavy atom. The van der Waals surface area contributed by atoms with Crippen LogP contribution in [0.15, 0.2) is 28.9 Å². The van der Waals surface area contributed by atoms with Crippen molar-refractivity contribution in [2.24, 2.45) is 7.05 Å². The van der Waals surface area contributed by atoms with Gasteiger partial charge in [0.15, 0.2) is 11.4 Å². The zero-order chi connectivity index (χ0) is 17.4. The molecule has 130 valence electrons. The first kappa shape index (κ1) is 15.8. The van der Waals surface area contributed by atoms with Crippen molar-refractivity contribution >= 4 is 16.9 Å². The van der Waals surface area contributed by atoms with Gasteiger partial charge in [0, 0.05) is 20.2 Å². The highest BCUT2D eigenvalue weighted by Gasteiger charge is 2.22. The van der Waals surface area contributed by atoms with E-state index in [1.54, 1.807) is 23.1 Å². The smallest absolute Gasteiger partial charge is 0.252 e. The van der Waals surface area contributed by atoms with Crippen molar-refractivity contribution in [3.8, 4) is 11.5 Å². The number of rotatable bonds is 4. The summed E-state index contributed by atoms with van der Waals surface area (Å²) in [5.74, 6) is 0.473. The van der Waals surface area contributed by atoms with Crippen molar-refractivity contribution in [2.75, 3.05) is 13.2 Å². The minimum Gasteiger partial charge on any atom is -0.463 e. The fraction of sp³-hybridized carbons (Fsp3) is 0.389. The monoisotopic (exact) mass is 340 g/mol. The zero-order valence-electron chi connectivity index (χ0n) is 14.3. The molecule has 0 aliphatic carbocycles. The lowest BCUT2D eigenvalue weighted by Crippen LogP contribution is -2.32. The summed E-state index contributed by atoms with van der Waals surface area (Å²) in [6.45, 7) is 3.16. The second-order valence-electron chi connectivity index (χ2n) is 6.29. The van der Waals surface area contributed by atoms with E-state index >= 15 is 0 Å². The molecule has 7 heteroatoms. The van der Waals surface area contributed by atoms with E-state index in [9.17, 15) is 4.79 Å². The number of nitrogens with one attached hydrogen (secondary N) is 1. The number of fused-ring (bicyclic) bond motifs is 1. The third kappa shape index (κ3) is 2.91. The maximum absolute atomic E-state index is 12.8. The van der Waals surface area contributed by atoms with E-state index in [1.165, 1.54) is 0 Å². The SMILES string of the molecule is Cc1nn(C)c2nc(-c3ccco3)cc(C(=O)NC[C@@H]3CCCO3)c12. The Labute approximate surface area is 145 Å². The van der Waals surface area contributed by atoms with Gasteiger partial charge >= 0.3 is 0 Å². The molecule has 1 N–H and O–H groups in total. The molecule has 1 aliphatic rings. The van der Waals surface area contributed by atoms with E-state index in [0.29, 0.717) is 29.2 Å². The van der Waals surface area contributed by atoms with Crippen molar-refractivity contribution in [2.45, 2.75) is 25.9 Å². The average molecular weight is 340 g/mol. The van der Waals surface area contributed by atoms with Crippen LogP contribution in [0.25, 0.3) is 22.5 Å². The molecule has 4 heterocycles. The molecule has 0 spiro atoms. The van der Waals surface area contributed by atoms with E-state index in [2.05, 4.69) is 15.4 Å². The minimum atomic E-state index is -0.146. The van der Waals surface area contributed by atoms with Gasteiger partial charge in [-0.15, -0.1) is 0 Å². The minimum absolute atomic E-state index is 0.0980. The lowest BCUT2D eigenvalue weighted by atomic mass is 10.1. The maximum Gasteiger partial charge on any atom is 0.252 e. The van der Waals surface area contributed by atoms with Crippen molar-refractivity contribution in [1.82, 2.24) is 20.1 Å². The second-order valence-corrected chi connectivity index (χ2v) is 6.29. The Morgan fingerprint density at radius 2 is 2.36 bits per heavy atom. The molecule has 0 bridgehead atoms. The van der Waals surface area contributed by atoms with Crippen LogP contribution in [-0.2, 0) is 11.8 Å². The molecule has 1 atom stereocenters. The first-order valence-electron chi connectivity index (χ1n) is 8.41. The highest BCUT2D eigenvalue weighted by Crippen LogP contribution is 2.27. The number of aromatic nitrogens is 3. The van der Waals surface area contributed by atoms with Crippen LogP contribution < -0.4 is 5.32 Å². The Bertz CT molecular complexity index is 908. The molecule has 1 saturated heterocycles. The first-order valence-corrected chi connectivity index (χ1v) is 8.41. The van der Waals surface area contributed by atoms with Crippen molar-refractivity contribution in [3.05, 3.63) is 35.7 Å². The molecule has 0 radical (unpaired) electrons. The van der Waals surface area contributed by atoms with Gasteiger partial charge in [-0.1, -0.05) is 0 Å². The van der Waals surface area contributed by atoms with E-state index in [0.717, 1.165) is 30.5 Å². The van der Waals surface area contributed by atoms with Gasteiger partial charge in [0.1, 0.15) is 5.69 Å². The predicted molar refractivity (Wildman–Crippen MR) is 92.3 cm³/mol. The summed E-state index contributed by atoms with van der Waals surface area (Å²) in [6.07, 6.45) is 3.72. The highest BCUT2D eigenvalue weighted by molar-refractivity contribution is 6.07. The zero-order valence-corrected chi connectivity index (χ0v) is 14.3. The third-order valence-electron chi connectivity index (χ3n) is 4.50. The molecule has 0 aromatic carbocycles. The van der Waals surface area contributed by atoms with Gasteiger partial charge in [-0.25, -0.2) is 4.98 Å². The standard InChI is InChI=1S/C18H20N4O3/c1-11-16-13(18(23)19-10-12-5-3-7-24-12)9-14(15-6-4-8-25-15)20-17(16)22(2)21-11/h4,6,8-9,12H,3,5,7,10H2,1-2H3,(H,19,23)/t12-/m0/s1. The Morgan fingerprint density at radius 3 is 3.08 bits per heavy atom. The van der Waals surface area contributed by atoms with Crippen LogP contribution in [0.4, 0.5) is 0 Å². The molecule has 7 nitrogen and oxygen atoms in total. The lowest BCUT2D eigenvalue weighted by molar-refractivity contribution is 0.0859. The highest BCUT2D eigenvalue weighted by atomic mass is 16.5. The van der Waals surface area contributed by atoms with E-state index in [-0.39, 0.29) is 12.0 Å². The molecule has 25 heavy (non-hydrogen) atoms. The number of carbonyl (C=O) groups excluding carboxylic acids is 1. The molecule has 0 saturated carbocycles. The summed E-state index contributed by atoms with van der Waals surface area (Å²) in [4.78, 5) is 17.5. The number of carbonyl (C=O) groups is 1. The van der Waals surface area contributed by atoms with Crippen molar-refractivity contribution < 1.29 is 13.9 Å². The normalized spacial score (nSPS) is 17.3. The quantitative estimate of drug-likeness (QED) is 0.789. The van der Waals surface area contributed by atoms with E-state index < -0.39 is 0 Å². The van der Waals surface area contributed by atoms with Crippen LogP contribution in [0, 0.1) is 6.92 Å². The number of hydrogen-bond donors (Lipinski definition) is 1. The van der Waals surface area contributed by atoms with Crippen LogP contribution in [-0.4, -0.2) is 39.9 Å². The summed E-state index contributed by atoms with van der Waals surface area (Å²) in [5, 5.41) is 8.16. The first-order chi connectivity index (χ1) is 12.1. The maximum atomic E-state index is 12.8. The van der Waals surface area contributed by atoms with Gasteiger partial charge in [0.25, 0.3) is 5.91 Å². The molecule has 1 fully saturated rings. The lowest BCUT2D eigenvalue weighted by Gasteiger charge is -2.12. The average Bonchev–Trinajstić information content (AvgIpc) is 3.35. The number of amides is 1. The Balaban J connectivity index is 1.73. The summed E-state index contributed by atoms with van der Waals surface area (Å²) < 4.78 is 12.7. The summed E-state index contributed by atoms with van der Waals surface area (Å²) >= 11 is 0. The molecular formula is C18H20N4O3. The largest absolute Gasteiger partial charge is 0.463 e. The van der Waals surface area contributed by atoms with Gasteiger partial charge in [-0.05, 0) is 38.0 Å². The van der Waals surface area contributed by atoms with Crippen LogP contribution >= 0.6 is 0 Å². The number of furan rings is 1.